The van der Waals surface area contributed by atoms with Crippen LogP contribution in [0.3, 0.4) is 0 Å². The Morgan fingerprint density at radius 1 is 0.464 bits per heavy atom. The molecule has 0 spiro atoms. The normalized spacial score (nSPS) is 15.0. The lowest BCUT2D eigenvalue weighted by Crippen LogP contribution is -2.27. The number of halogens is 4. The monoisotopic (exact) mass is 418 g/mol. The number of hydrogen-bond acceptors (Lipinski definition) is 4. The smallest absolute Gasteiger partial charge is 0.356 e. The predicted octanol–water partition coefficient (Wildman–Crippen LogP) is 4.84. The molecule has 0 amide bonds. The third kappa shape index (κ3) is 14.5. The van der Waals surface area contributed by atoms with Gasteiger partial charge < -0.3 is 20.4 Å². The van der Waals surface area contributed by atoms with Gasteiger partial charge in [0.05, 0.1) is 11.8 Å². The second-order valence-electron chi connectivity index (χ2n) is 7.71. The summed E-state index contributed by atoms with van der Waals surface area (Å²) in [7, 11) is 0. The van der Waals surface area contributed by atoms with Crippen LogP contribution in [0.15, 0.2) is 0 Å². The fourth-order valence-electron chi connectivity index (χ4n) is 3.48. The van der Waals surface area contributed by atoms with Crippen molar-refractivity contribution in [1.29, 1.82) is 0 Å². The van der Waals surface area contributed by atoms with Gasteiger partial charge in [-0.1, -0.05) is 51.4 Å². The molecule has 0 saturated heterocycles. The molecule has 0 aliphatic carbocycles. The maximum Gasteiger partial charge on any atom is 0.356 e. The van der Waals surface area contributed by atoms with E-state index in [4.69, 9.17) is 20.4 Å². The van der Waals surface area contributed by atoms with E-state index in [0.717, 1.165) is 25.7 Å². The van der Waals surface area contributed by atoms with Crippen molar-refractivity contribution in [2.75, 3.05) is 13.2 Å². The van der Waals surface area contributed by atoms with E-state index in [-0.39, 0.29) is 38.9 Å². The van der Waals surface area contributed by atoms with E-state index >= 15 is 0 Å². The van der Waals surface area contributed by atoms with E-state index in [1.165, 1.54) is 0 Å². The van der Waals surface area contributed by atoms with Crippen LogP contribution in [0.5, 0.6) is 0 Å². The molecule has 0 rings (SSSR count). The highest BCUT2D eigenvalue weighted by Gasteiger charge is 2.36. The van der Waals surface area contributed by atoms with Crippen LogP contribution in [0.1, 0.15) is 89.9 Å². The molecule has 170 valence electrons. The van der Waals surface area contributed by atoms with Crippen LogP contribution in [0.25, 0.3) is 0 Å². The largest absolute Gasteiger partial charge is 0.396 e. The lowest BCUT2D eigenvalue weighted by molar-refractivity contribution is -0.241. The molecule has 0 aromatic rings. The van der Waals surface area contributed by atoms with Gasteiger partial charge in [-0.05, 0) is 38.5 Å². The van der Waals surface area contributed by atoms with Gasteiger partial charge in [0.1, 0.15) is 0 Å². The van der Waals surface area contributed by atoms with Crippen molar-refractivity contribution in [3.05, 3.63) is 0 Å². The Hall–Kier alpha value is -0.440. The number of aliphatic hydroxyl groups is 4. The van der Waals surface area contributed by atoms with Crippen LogP contribution >= 0.6 is 0 Å². The highest BCUT2D eigenvalue weighted by atomic mass is 19.3. The second-order valence-corrected chi connectivity index (χ2v) is 7.71. The first-order valence-electron chi connectivity index (χ1n) is 10.5. The van der Waals surface area contributed by atoms with Gasteiger partial charge in [-0.15, -0.1) is 0 Å². The summed E-state index contributed by atoms with van der Waals surface area (Å²) in [6.07, 6.45) is -0.574. The van der Waals surface area contributed by atoms with Crippen LogP contribution in [-0.2, 0) is 0 Å². The average molecular weight is 419 g/mol. The maximum atomic E-state index is 13.2. The van der Waals surface area contributed by atoms with Crippen LogP contribution in [-0.4, -0.2) is 45.9 Å². The third-order valence-electron chi connectivity index (χ3n) is 5.26. The number of aliphatic hydroxyl groups excluding tert-OH is 2. The Morgan fingerprint density at radius 3 is 0.964 bits per heavy atom. The summed E-state index contributed by atoms with van der Waals surface area (Å²) in [5, 5.41) is 35.3. The second kappa shape index (κ2) is 15.4. The van der Waals surface area contributed by atoms with Crippen LogP contribution in [0.4, 0.5) is 17.6 Å². The quantitative estimate of drug-likeness (QED) is 0.179. The van der Waals surface area contributed by atoms with E-state index in [0.29, 0.717) is 38.5 Å². The molecule has 0 aromatic heterocycles. The average Bonchev–Trinajstić information content (AvgIpc) is 2.59. The molecular formula is C20H38F4O4. The fraction of sp³-hybridized carbons (Fsp3) is 1.00. The zero-order valence-corrected chi connectivity index (χ0v) is 16.8. The summed E-state index contributed by atoms with van der Waals surface area (Å²) in [4.78, 5) is 0. The standard InChI is InChI=1S/C20H38F4O4/c21-19(22,27)17(13-7-9-15-25)11-5-3-1-2-4-6-12-18(20(23,24)28)14-8-10-16-26/h17-18,25-28H,1-16H2. The van der Waals surface area contributed by atoms with Crippen molar-refractivity contribution >= 4 is 0 Å². The Kier molecular flexibility index (Phi) is 15.2. The van der Waals surface area contributed by atoms with Crippen molar-refractivity contribution in [3.8, 4) is 0 Å². The highest BCUT2D eigenvalue weighted by molar-refractivity contribution is 4.69. The van der Waals surface area contributed by atoms with Gasteiger partial charge in [0.15, 0.2) is 0 Å². The van der Waals surface area contributed by atoms with Crippen molar-refractivity contribution in [2.24, 2.45) is 11.8 Å². The molecule has 0 saturated carbocycles. The Labute approximate surface area is 166 Å². The molecular weight excluding hydrogens is 380 g/mol. The molecule has 0 bridgehead atoms. The van der Waals surface area contributed by atoms with Crippen LogP contribution < -0.4 is 0 Å². The topological polar surface area (TPSA) is 80.9 Å². The Morgan fingerprint density at radius 2 is 0.714 bits per heavy atom. The molecule has 4 N–H and O–H groups in total. The first-order valence-corrected chi connectivity index (χ1v) is 10.5. The SMILES string of the molecule is OCCCCC(CCCCCCCCC(CCCCO)C(O)(F)F)C(O)(F)F. The van der Waals surface area contributed by atoms with Gasteiger partial charge >= 0.3 is 12.2 Å². The summed E-state index contributed by atoms with van der Waals surface area (Å²) in [6.45, 7) is -0.0948. The summed E-state index contributed by atoms with van der Waals surface area (Å²) in [5.74, 6) is -2.18. The molecule has 0 aliphatic rings. The van der Waals surface area contributed by atoms with Gasteiger partial charge in [0.2, 0.25) is 0 Å². The molecule has 8 heteroatoms. The van der Waals surface area contributed by atoms with Crippen molar-refractivity contribution < 1.29 is 38.0 Å². The van der Waals surface area contributed by atoms with Gasteiger partial charge in [-0.25, -0.2) is 0 Å². The number of rotatable bonds is 19. The molecule has 4 nitrogen and oxygen atoms in total. The number of alkyl halides is 4. The summed E-state index contributed by atoms with van der Waals surface area (Å²) in [5.41, 5.74) is 0. The van der Waals surface area contributed by atoms with Crippen LogP contribution in [0.2, 0.25) is 0 Å². The lowest BCUT2D eigenvalue weighted by atomic mass is 9.92. The minimum atomic E-state index is -3.70. The van der Waals surface area contributed by atoms with E-state index in [9.17, 15) is 17.6 Å². The molecule has 2 atom stereocenters. The van der Waals surface area contributed by atoms with E-state index in [1.807, 2.05) is 0 Å². The Bertz CT molecular complexity index is 325. The van der Waals surface area contributed by atoms with Crippen molar-refractivity contribution in [2.45, 2.75) is 102 Å². The first-order chi connectivity index (χ1) is 13.1. The molecule has 0 radical (unpaired) electrons. The van der Waals surface area contributed by atoms with E-state index in [1.54, 1.807) is 0 Å². The molecule has 0 fully saturated rings. The van der Waals surface area contributed by atoms with Crippen molar-refractivity contribution in [3.63, 3.8) is 0 Å². The highest BCUT2D eigenvalue weighted by Crippen LogP contribution is 2.32. The minimum Gasteiger partial charge on any atom is -0.396 e. The summed E-state index contributed by atoms with van der Waals surface area (Å²) < 4.78 is 52.7. The van der Waals surface area contributed by atoms with Crippen LogP contribution in [0, 0.1) is 11.8 Å². The number of hydrogen-bond donors (Lipinski definition) is 4. The lowest BCUT2D eigenvalue weighted by Gasteiger charge is -2.22. The molecule has 2 unspecified atom stereocenters. The third-order valence-corrected chi connectivity index (χ3v) is 5.26. The van der Waals surface area contributed by atoms with Gasteiger partial charge in [-0.3, -0.25) is 0 Å². The summed E-state index contributed by atoms with van der Waals surface area (Å²) in [6, 6.07) is 0. The predicted molar refractivity (Wildman–Crippen MR) is 100 cm³/mol. The van der Waals surface area contributed by atoms with Gasteiger partial charge in [0, 0.05) is 13.2 Å². The van der Waals surface area contributed by atoms with Crippen molar-refractivity contribution in [1.82, 2.24) is 0 Å². The Balaban J connectivity index is 3.90. The van der Waals surface area contributed by atoms with E-state index < -0.39 is 24.1 Å². The number of unbranched alkanes of at least 4 members (excludes halogenated alkanes) is 7. The molecule has 0 aromatic carbocycles. The minimum absolute atomic E-state index is 0.0474. The molecule has 28 heavy (non-hydrogen) atoms. The van der Waals surface area contributed by atoms with E-state index in [2.05, 4.69) is 0 Å². The molecule has 0 aliphatic heterocycles. The zero-order chi connectivity index (χ0) is 21.5. The summed E-state index contributed by atoms with van der Waals surface area (Å²) >= 11 is 0. The fourth-order valence-corrected chi connectivity index (χ4v) is 3.48. The first kappa shape index (κ1) is 27.6. The maximum absolute atomic E-state index is 13.2. The van der Waals surface area contributed by atoms with Gasteiger partial charge in [-0.2, -0.15) is 17.6 Å². The zero-order valence-electron chi connectivity index (χ0n) is 16.8. The molecule has 0 heterocycles. The van der Waals surface area contributed by atoms with Gasteiger partial charge in [0.25, 0.3) is 0 Å².